The highest BCUT2D eigenvalue weighted by atomic mass is 16.2. The van der Waals surface area contributed by atoms with E-state index in [-0.39, 0.29) is 5.41 Å². The maximum absolute atomic E-state index is 13.1. The lowest BCUT2D eigenvalue weighted by Crippen LogP contribution is -2.48. The average molecular weight is 410 g/mol. The van der Waals surface area contributed by atoms with E-state index < -0.39 is 0 Å². The molecule has 1 N–H and O–H groups in total. The first kappa shape index (κ1) is 20.5. The lowest BCUT2D eigenvalue weighted by Gasteiger charge is -2.44. The van der Waals surface area contributed by atoms with Gasteiger partial charge in [0.1, 0.15) is 0 Å². The minimum atomic E-state index is 0.237. The third-order valence-corrected chi connectivity index (χ3v) is 8.74. The number of benzene rings is 1. The first-order chi connectivity index (χ1) is 14.7. The highest BCUT2D eigenvalue weighted by Crippen LogP contribution is 2.40. The summed E-state index contributed by atoms with van der Waals surface area (Å²) >= 11 is 0. The normalized spacial score (nSPS) is 29.8. The fourth-order valence-electron chi connectivity index (χ4n) is 6.74. The molecule has 1 aromatic carbocycles. The maximum Gasteiger partial charge on any atom is 0.225 e. The topological polar surface area (TPSA) is 35.6 Å². The van der Waals surface area contributed by atoms with Crippen LogP contribution in [-0.2, 0) is 10.2 Å². The molecule has 4 fully saturated rings. The van der Waals surface area contributed by atoms with Gasteiger partial charge in [0.15, 0.2) is 0 Å². The first-order valence-electron chi connectivity index (χ1n) is 12.5. The van der Waals surface area contributed by atoms with Gasteiger partial charge in [-0.3, -0.25) is 4.79 Å². The molecule has 2 unspecified atom stereocenters. The second-order valence-corrected chi connectivity index (χ2v) is 10.5. The minimum absolute atomic E-state index is 0.237. The van der Waals surface area contributed by atoms with Crippen LogP contribution < -0.4 is 5.32 Å². The molecule has 1 aliphatic carbocycles. The van der Waals surface area contributed by atoms with E-state index in [1.807, 2.05) is 0 Å². The number of piperidine rings is 1. The smallest absolute Gasteiger partial charge is 0.225 e. The highest BCUT2D eigenvalue weighted by Gasteiger charge is 2.41. The van der Waals surface area contributed by atoms with E-state index in [1.165, 1.54) is 64.0 Å². The number of amides is 1. The van der Waals surface area contributed by atoms with Gasteiger partial charge in [0.05, 0.1) is 0 Å². The van der Waals surface area contributed by atoms with Crippen molar-refractivity contribution in [1.82, 2.24) is 15.1 Å². The summed E-state index contributed by atoms with van der Waals surface area (Å²) in [6.07, 6.45) is 9.51. The van der Waals surface area contributed by atoms with Crippen molar-refractivity contribution in [2.75, 3.05) is 45.8 Å². The van der Waals surface area contributed by atoms with Crippen LogP contribution in [0.4, 0.5) is 0 Å². The molecular formula is C26H39N3O. The molecule has 2 atom stereocenters. The van der Waals surface area contributed by atoms with Crippen molar-refractivity contribution in [1.29, 1.82) is 0 Å². The van der Waals surface area contributed by atoms with E-state index in [9.17, 15) is 4.79 Å². The second kappa shape index (κ2) is 9.00. The van der Waals surface area contributed by atoms with E-state index in [2.05, 4.69) is 45.4 Å². The van der Waals surface area contributed by atoms with Crippen molar-refractivity contribution in [2.45, 2.75) is 56.8 Å². The largest absolute Gasteiger partial charge is 0.342 e. The molecule has 0 radical (unpaired) electrons. The van der Waals surface area contributed by atoms with Gasteiger partial charge >= 0.3 is 0 Å². The van der Waals surface area contributed by atoms with Crippen molar-refractivity contribution in [2.24, 2.45) is 17.8 Å². The molecule has 4 nitrogen and oxygen atoms in total. The molecule has 164 valence electrons. The van der Waals surface area contributed by atoms with Gasteiger partial charge in [0.2, 0.25) is 5.91 Å². The van der Waals surface area contributed by atoms with Crippen LogP contribution in [0.15, 0.2) is 30.3 Å². The summed E-state index contributed by atoms with van der Waals surface area (Å²) in [4.78, 5) is 18.0. The number of hydrogen-bond donors (Lipinski definition) is 1. The van der Waals surface area contributed by atoms with Gasteiger partial charge < -0.3 is 15.1 Å². The number of nitrogens with one attached hydrogen (secondary N) is 1. The van der Waals surface area contributed by atoms with Crippen molar-refractivity contribution < 1.29 is 4.79 Å². The average Bonchev–Trinajstić information content (AvgIpc) is 3.41. The maximum atomic E-state index is 13.1. The molecule has 4 aliphatic rings. The molecule has 0 aromatic heterocycles. The van der Waals surface area contributed by atoms with Gasteiger partial charge in [0, 0.05) is 32.1 Å². The predicted octanol–water partition coefficient (Wildman–Crippen LogP) is 3.67. The number of rotatable bonds is 5. The molecule has 3 heterocycles. The number of carbonyl (C=O) groups excluding carboxylic acids is 1. The molecule has 1 amide bonds. The third-order valence-electron chi connectivity index (χ3n) is 8.74. The Morgan fingerprint density at radius 1 is 0.967 bits per heavy atom. The zero-order valence-corrected chi connectivity index (χ0v) is 18.5. The van der Waals surface area contributed by atoms with Gasteiger partial charge in [-0.15, -0.1) is 0 Å². The van der Waals surface area contributed by atoms with Gasteiger partial charge in [-0.2, -0.15) is 0 Å². The summed E-state index contributed by atoms with van der Waals surface area (Å²) in [5.41, 5.74) is 1.73. The van der Waals surface area contributed by atoms with Gasteiger partial charge in [0.25, 0.3) is 0 Å². The number of likely N-dealkylation sites (tertiary alicyclic amines) is 2. The molecule has 30 heavy (non-hydrogen) atoms. The summed E-state index contributed by atoms with van der Waals surface area (Å²) < 4.78 is 0. The van der Waals surface area contributed by atoms with Crippen LogP contribution in [0.5, 0.6) is 0 Å². The molecular weight excluding hydrogens is 370 g/mol. The first-order valence-corrected chi connectivity index (χ1v) is 12.5. The quantitative estimate of drug-likeness (QED) is 0.806. The summed E-state index contributed by atoms with van der Waals surface area (Å²) in [6, 6.07) is 11.2. The molecule has 5 rings (SSSR count). The Morgan fingerprint density at radius 2 is 1.63 bits per heavy atom. The Bertz CT molecular complexity index is 694. The lowest BCUT2D eigenvalue weighted by molar-refractivity contribution is -0.138. The number of carbonyl (C=O) groups is 1. The van der Waals surface area contributed by atoms with Gasteiger partial charge in [-0.1, -0.05) is 49.6 Å². The predicted molar refractivity (Wildman–Crippen MR) is 121 cm³/mol. The Hall–Kier alpha value is -1.39. The molecule has 1 saturated carbocycles. The van der Waals surface area contributed by atoms with Crippen molar-refractivity contribution in [3.05, 3.63) is 35.9 Å². The van der Waals surface area contributed by atoms with E-state index in [1.54, 1.807) is 0 Å². The Morgan fingerprint density at radius 3 is 2.30 bits per heavy atom. The SMILES string of the molecule is O=C(C1CCCCC1)N1CCC(CCN2CC3CNCC3C2)(c2ccccc2)CC1. The van der Waals surface area contributed by atoms with E-state index in [4.69, 9.17) is 0 Å². The molecule has 3 aliphatic heterocycles. The highest BCUT2D eigenvalue weighted by molar-refractivity contribution is 5.79. The van der Waals surface area contributed by atoms with Gasteiger partial charge in [-0.25, -0.2) is 0 Å². The van der Waals surface area contributed by atoms with Crippen LogP contribution in [0, 0.1) is 17.8 Å². The second-order valence-electron chi connectivity index (χ2n) is 10.5. The Kier molecular flexibility index (Phi) is 6.15. The Labute approximate surface area is 182 Å². The van der Waals surface area contributed by atoms with Crippen molar-refractivity contribution in [3.63, 3.8) is 0 Å². The summed E-state index contributed by atoms with van der Waals surface area (Å²) in [5, 5.41) is 3.56. The summed E-state index contributed by atoms with van der Waals surface area (Å²) in [5.74, 6) is 2.50. The molecule has 4 heteroatoms. The van der Waals surface area contributed by atoms with E-state index in [0.29, 0.717) is 11.8 Å². The zero-order chi connectivity index (χ0) is 20.4. The molecule has 0 spiro atoms. The fourth-order valence-corrected chi connectivity index (χ4v) is 6.74. The Balaban J connectivity index is 1.24. The number of fused-ring (bicyclic) bond motifs is 1. The number of nitrogens with zero attached hydrogens (tertiary/aromatic N) is 2. The molecule has 1 aromatic rings. The van der Waals surface area contributed by atoms with Crippen LogP contribution in [-0.4, -0.2) is 61.5 Å². The molecule has 0 bridgehead atoms. The van der Waals surface area contributed by atoms with Crippen LogP contribution in [0.1, 0.15) is 56.9 Å². The van der Waals surface area contributed by atoms with E-state index in [0.717, 1.165) is 50.6 Å². The van der Waals surface area contributed by atoms with Gasteiger partial charge in [-0.05, 0) is 74.6 Å². The van der Waals surface area contributed by atoms with Crippen molar-refractivity contribution >= 4 is 5.91 Å². The third kappa shape index (κ3) is 4.18. The van der Waals surface area contributed by atoms with Crippen LogP contribution >= 0.6 is 0 Å². The van der Waals surface area contributed by atoms with Crippen LogP contribution in [0.3, 0.4) is 0 Å². The minimum Gasteiger partial charge on any atom is -0.342 e. The molecule has 3 saturated heterocycles. The summed E-state index contributed by atoms with van der Waals surface area (Å²) in [6.45, 7) is 8.06. The lowest BCUT2D eigenvalue weighted by atomic mass is 9.70. The fraction of sp³-hybridized carbons (Fsp3) is 0.731. The summed E-state index contributed by atoms with van der Waals surface area (Å²) in [7, 11) is 0. The van der Waals surface area contributed by atoms with Crippen LogP contribution in [0.2, 0.25) is 0 Å². The zero-order valence-electron chi connectivity index (χ0n) is 18.5. The van der Waals surface area contributed by atoms with Crippen LogP contribution in [0.25, 0.3) is 0 Å². The number of hydrogen-bond acceptors (Lipinski definition) is 3. The van der Waals surface area contributed by atoms with Crippen molar-refractivity contribution in [3.8, 4) is 0 Å². The standard InChI is InChI=1S/C26H39N3O/c30-25(21-7-3-1-4-8-21)29-15-12-26(13-16-29,24-9-5-2-6-10-24)11-14-28-19-22-17-27-18-23(22)20-28/h2,5-6,9-10,21-23,27H,1,3-4,7-8,11-20H2. The van der Waals surface area contributed by atoms with E-state index >= 15 is 0 Å². The monoisotopic (exact) mass is 409 g/mol.